The first kappa shape index (κ1) is 14.9. The first-order valence-corrected chi connectivity index (χ1v) is 8.34. The van der Waals surface area contributed by atoms with Crippen LogP contribution < -0.4 is 5.73 Å². The molecule has 0 amide bonds. The van der Waals surface area contributed by atoms with Gasteiger partial charge in [0.15, 0.2) is 0 Å². The molecule has 0 aromatic carbocycles. The molecule has 1 aliphatic carbocycles. The lowest BCUT2D eigenvalue weighted by molar-refractivity contribution is 0.0328. The van der Waals surface area contributed by atoms with Gasteiger partial charge in [0.25, 0.3) is 0 Å². The third-order valence-electron chi connectivity index (χ3n) is 5.35. The molecule has 3 N–H and O–H groups in total. The largest absolute Gasteiger partial charge is 0.396 e. The van der Waals surface area contributed by atoms with Gasteiger partial charge in [0.2, 0.25) is 0 Å². The van der Waals surface area contributed by atoms with Gasteiger partial charge in [0.1, 0.15) is 0 Å². The Hall–Kier alpha value is -1.07. The van der Waals surface area contributed by atoms with Crippen LogP contribution in [0.3, 0.4) is 0 Å². The van der Waals surface area contributed by atoms with E-state index in [2.05, 4.69) is 10.00 Å². The molecule has 2 fully saturated rings. The van der Waals surface area contributed by atoms with Gasteiger partial charge in [0.05, 0.1) is 24.5 Å². The number of piperidine rings is 1. The van der Waals surface area contributed by atoms with Crippen molar-refractivity contribution >= 4 is 5.69 Å². The third-order valence-corrected chi connectivity index (χ3v) is 5.35. The molecule has 1 spiro atoms. The number of hydrogen-bond acceptors (Lipinski definition) is 4. The second-order valence-corrected chi connectivity index (χ2v) is 7.01. The second kappa shape index (κ2) is 6.36. The van der Waals surface area contributed by atoms with Crippen molar-refractivity contribution in [2.45, 2.75) is 57.6 Å². The van der Waals surface area contributed by atoms with E-state index in [4.69, 9.17) is 5.73 Å². The number of rotatable bonds is 4. The minimum absolute atomic E-state index is 0.371. The van der Waals surface area contributed by atoms with Crippen molar-refractivity contribution in [3.63, 3.8) is 0 Å². The molecule has 5 heteroatoms. The molecule has 2 aliphatic rings. The van der Waals surface area contributed by atoms with Crippen LogP contribution in [0.4, 0.5) is 5.69 Å². The first-order valence-electron chi connectivity index (χ1n) is 8.34. The van der Waals surface area contributed by atoms with E-state index in [1.165, 1.54) is 44.9 Å². The van der Waals surface area contributed by atoms with Crippen LogP contribution in [0, 0.1) is 5.41 Å². The zero-order chi connectivity index (χ0) is 14.7. The van der Waals surface area contributed by atoms with Crippen LogP contribution in [0.5, 0.6) is 0 Å². The van der Waals surface area contributed by atoms with Crippen LogP contribution in [0.15, 0.2) is 12.4 Å². The summed E-state index contributed by atoms with van der Waals surface area (Å²) in [4.78, 5) is 2.41. The molecule has 1 aromatic rings. The number of nitrogens with zero attached hydrogens (tertiary/aromatic N) is 3. The average molecular weight is 292 g/mol. The van der Waals surface area contributed by atoms with Crippen molar-refractivity contribution in [2.24, 2.45) is 5.41 Å². The van der Waals surface area contributed by atoms with Crippen molar-refractivity contribution in [1.82, 2.24) is 14.7 Å². The van der Waals surface area contributed by atoms with Gasteiger partial charge < -0.3 is 15.7 Å². The Morgan fingerprint density at radius 2 is 1.86 bits per heavy atom. The van der Waals surface area contributed by atoms with Gasteiger partial charge in [-0.3, -0.25) is 4.68 Å². The van der Waals surface area contributed by atoms with Gasteiger partial charge in [-0.2, -0.15) is 5.10 Å². The van der Waals surface area contributed by atoms with E-state index >= 15 is 0 Å². The van der Waals surface area contributed by atoms with E-state index in [1.54, 1.807) is 17.1 Å². The minimum Gasteiger partial charge on any atom is -0.396 e. The average Bonchev–Trinajstić information content (AvgIpc) is 2.88. The lowest BCUT2D eigenvalue weighted by Gasteiger charge is -2.44. The molecule has 0 radical (unpaired) electrons. The number of aliphatic hydroxyl groups excluding tert-OH is 1. The minimum atomic E-state index is -0.371. The molecule has 118 valence electrons. The van der Waals surface area contributed by atoms with Gasteiger partial charge in [-0.25, -0.2) is 0 Å². The smallest absolute Gasteiger partial charge is 0.0862 e. The molecule has 1 saturated heterocycles. The fourth-order valence-electron chi connectivity index (χ4n) is 4.06. The van der Waals surface area contributed by atoms with Crippen LogP contribution in [0.25, 0.3) is 0 Å². The Bertz CT molecular complexity index is 443. The molecule has 1 saturated carbocycles. The third kappa shape index (κ3) is 3.77. The number of β-amino-alcohol motifs (C(OH)–C–C–N with tert-alkyl or cyclic N) is 1. The quantitative estimate of drug-likeness (QED) is 0.889. The molecule has 5 nitrogen and oxygen atoms in total. The SMILES string of the molecule is Nc1cnn(CC(O)CN2CCC3(CCCCC3)CC2)c1. The number of hydrogen-bond donors (Lipinski definition) is 2. The molecular weight excluding hydrogens is 264 g/mol. The van der Waals surface area contributed by atoms with Gasteiger partial charge in [0, 0.05) is 12.7 Å². The Kier molecular flexibility index (Phi) is 4.50. The zero-order valence-electron chi connectivity index (χ0n) is 12.9. The van der Waals surface area contributed by atoms with Crippen molar-refractivity contribution in [3.8, 4) is 0 Å². The monoisotopic (exact) mass is 292 g/mol. The van der Waals surface area contributed by atoms with E-state index < -0.39 is 0 Å². The Labute approximate surface area is 127 Å². The predicted octanol–water partition coefficient (Wildman–Crippen LogP) is 1.87. The lowest BCUT2D eigenvalue weighted by Crippen LogP contribution is -2.44. The summed E-state index contributed by atoms with van der Waals surface area (Å²) in [5.74, 6) is 0. The van der Waals surface area contributed by atoms with Gasteiger partial charge in [-0.05, 0) is 44.2 Å². The molecule has 1 aliphatic heterocycles. The summed E-state index contributed by atoms with van der Waals surface area (Å²) in [6.07, 6.45) is 12.8. The lowest BCUT2D eigenvalue weighted by atomic mass is 9.68. The van der Waals surface area contributed by atoms with E-state index in [-0.39, 0.29) is 6.10 Å². The van der Waals surface area contributed by atoms with Crippen molar-refractivity contribution in [1.29, 1.82) is 0 Å². The fourth-order valence-corrected chi connectivity index (χ4v) is 4.06. The molecule has 0 bridgehead atoms. The summed E-state index contributed by atoms with van der Waals surface area (Å²) in [6, 6.07) is 0. The van der Waals surface area contributed by atoms with E-state index in [9.17, 15) is 5.11 Å². The van der Waals surface area contributed by atoms with Crippen molar-refractivity contribution in [3.05, 3.63) is 12.4 Å². The van der Waals surface area contributed by atoms with Crippen LogP contribution in [0.1, 0.15) is 44.9 Å². The number of likely N-dealkylation sites (tertiary alicyclic amines) is 1. The molecule has 1 unspecified atom stereocenters. The molecule has 2 heterocycles. The Morgan fingerprint density at radius 3 is 2.48 bits per heavy atom. The maximum atomic E-state index is 10.2. The molecule has 1 atom stereocenters. The number of anilines is 1. The zero-order valence-corrected chi connectivity index (χ0v) is 12.9. The highest BCUT2D eigenvalue weighted by atomic mass is 16.3. The second-order valence-electron chi connectivity index (χ2n) is 7.01. The summed E-state index contributed by atoms with van der Waals surface area (Å²) in [5, 5.41) is 14.4. The standard InChI is InChI=1S/C16H28N4O/c17-14-10-18-20(11-14)13-15(21)12-19-8-6-16(7-9-19)4-2-1-3-5-16/h10-11,15,21H,1-9,12-13,17H2. The topological polar surface area (TPSA) is 67.3 Å². The maximum Gasteiger partial charge on any atom is 0.0862 e. The van der Waals surface area contributed by atoms with E-state index in [1.807, 2.05) is 0 Å². The van der Waals surface area contributed by atoms with E-state index in [0.29, 0.717) is 17.6 Å². The summed E-state index contributed by atoms with van der Waals surface area (Å²) in [6.45, 7) is 3.55. The number of aliphatic hydroxyl groups is 1. The first-order chi connectivity index (χ1) is 10.2. The fraction of sp³-hybridized carbons (Fsp3) is 0.812. The summed E-state index contributed by atoms with van der Waals surface area (Å²) >= 11 is 0. The predicted molar refractivity (Wildman–Crippen MR) is 83.8 cm³/mol. The Balaban J connectivity index is 1.44. The van der Waals surface area contributed by atoms with Gasteiger partial charge in [-0.15, -0.1) is 0 Å². The highest BCUT2D eigenvalue weighted by Crippen LogP contribution is 2.44. The van der Waals surface area contributed by atoms with E-state index in [0.717, 1.165) is 19.6 Å². The molecule has 3 rings (SSSR count). The summed E-state index contributed by atoms with van der Waals surface area (Å²) in [5.41, 5.74) is 6.93. The number of nitrogen functional groups attached to an aromatic ring is 1. The van der Waals surface area contributed by atoms with Crippen molar-refractivity contribution in [2.75, 3.05) is 25.4 Å². The Morgan fingerprint density at radius 1 is 1.14 bits per heavy atom. The molecular formula is C16H28N4O. The molecule has 21 heavy (non-hydrogen) atoms. The highest BCUT2D eigenvalue weighted by molar-refractivity contribution is 5.30. The highest BCUT2D eigenvalue weighted by Gasteiger charge is 2.35. The van der Waals surface area contributed by atoms with Crippen LogP contribution in [-0.2, 0) is 6.54 Å². The van der Waals surface area contributed by atoms with Crippen molar-refractivity contribution < 1.29 is 5.11 Å². The number of nitrogens with two attached hydrogens (primary N) is 1. The van der Waals surface area contributed by atoms with Gasteiger partial charge >= 0.3 is 0 Å². The summed E-state index contributed by atoms with van der Waals surface area (Å²) in [7, 11) is 0. The number of aromatic nitrogens is 2. The molecule has 1 aromatic heterocycles. The van der Waals surface area contributed by atoms with Gasteiger partial charge in [-0.1, -0.05) is 19.3 Å². The van der Waals surface area contributed by atoms with Crippen LogP contribution >= 0.6 is 0 Å². The van der Waals surface area contributed by atoms with Crippen LogP contribution in [0.2, 0.25) is 0 Å². The normalized spacial score (nSPS) is 24.2. The maximum absolute atomic E-state index is 10.2. The summed E-state index contributed by atoms with van der Waals surface area (Å²) < 4.78 is 1.73. The van der Waals surface area contributed by atoms with Crippen LogP contribution in [-0.4, -0.2) is 45.5 Å².